The Kier molecular flexibility index (Phi) is 2.32. The first kappa shape index (κ1) is 10.0. The van der Waals surface area contributed by atoms with Crippen LogP contribution in [-0.2, 0) is 0 Å². The SMILES string of the molecule is Fc1cc(Br)cc(-c2ncc(C3CC3)[nH]2)c1. The molecule has 1 aromatic heterocycles. The summed E-state index contributed by atoms with van der Waals surface area (Å²) in [6.07, 6.45) is 4.31. The monoisotopic (exact) mass is 280 g/mol. The second-order valence-electron chi connectivity index (χ2n) is 4.12. The van der Waals surface area contributed by atoms with Gasteiger partial charge in [0.1, 0.15) is 11.6 Å². The lowest BCUT2D eigenvalue weighted by molar-refractivity contribution is 0.627. The summed E-state index contributed by atoms with van der Waals surface area (Å²) in [4.78, 5) is 7.53. The molecular weight excluding hydrogens is 271 g/mol. The zero-order valence-corrected chi connectivity index (χ0v) is 10.1. The molecule has 16 heavy (non-hydrogen) atoms. The highest BCUT2D eigenvalue weighted by molar-refractivity contribution is 9.10. The smallest absolute Gasteiger partial charge is 0.137 e. The van der Waals surface area contributed by atoms with Crippen LogP contribution in [0.1, 0.15) is 24.5 Å². The largest absolute Gasteiger partial charge is 0.342 e. The molecule has 3 rings (SSSR count). The van der Waals surface area contributed by atoms with Crippen LogP contribution in [0.25, 0.3) is 11.4 Å². The van der Waals surface area contributed by atoms with Crippen LogP contribution in [0.4, 0.5) is 4.39 Å². The average molecular weight is 281 g/mol. The van der Waals surface area contributed by atoms with Gasteiger partial charge in [0.05, 0.1) is 0 Å². The average Bonchev–Trinajstić information content (AvgIpc) is 2.95. The molecule has 4 heteroatoms. The standard InChI is InChI=1S/C12H10BrFN2/c13-9-3-8(4-10(14)5-9)12-15-6-11(16-12)7-1-2-7/h3-7H,1-2H2,(H,15,16). The zero-order valence-electron chi connectivity index (χ0n) is 8.50. The Morgan fingerprint density at radius 3 is 2.81 bits per heavy atom. The van der Waals surface area contributed by atoms with Gasteiger partial charge in [-0.1, -0.05) is 15.9 Å². The minimum absolute atomic E-state index is 0.256. The van der Waals surface area contributed by atoms with E-state index < -0.39 is 0 Å². The van der Waals surface area contributed by atoms with E-state index in [0.29, 0.717) is 5.92 Å². The molecule has 0 amide bonds. The van der Waals surface area contributed by atoms with E-state index >= 15 is 0 Å². The summed E-state index contributed by atoms with van der Waals surface area (Å²) in [7, 11) is 0. The van der Waals surface area contributed by atoms with Gasteiger partial charge in [-0.2, -0.15) is 0 Å². The van der Waals surface area contributed by atoms with E-state index in [1.54, 1.807) is 0 Å². The summed E-state index contributed by atoms with van der Waals surface area (Å²) >= 11 is 3.28. The molecule has 1 aliphatic carbocycles. The van der Waals surface area contributed by atoms with Gasteiger partial charge in [0.15, 0.2) is 0 Å². The highest BCUT2D eigenvalue weighted by Gasteiger charge is 2.25. The van der Waals surface area contributed by atoms with Crippen molar-refractivity contribution in [3.63, 3.8) is 0 Å². The molecule has 1 aliphatic rings. The van der Waals surface area contributed by atoms with Crippen molar-refractivity contribution < 1.29 is 4.39 Å². The second-order valence-corrected chi connectivity index (χ2v) is 5.04. The molecule has 0 unspecified atom stereocenters. The molecule has 1 heterocycles. The van der Waals surface area contributed by atoms with E-state index in [1.165, 1.54) is 25.0 Å². The minimum Gasteiger partial charge on any atom is -0.342 e. The number of aromatic amines is 1. The summed E-state index contributed by atoms with van der Waals surface area (Å²) in [5, 5.41) is 0. The molecule has 1 N–H and O–H groups in total. The molecule has 1 aromatic carbocycles. The van der Waals surface area contributed by atoms with Gasteiger partial charge in [-0.15, -0.1) is 0 Å². The fourth-order valence-electron chi connectivity index (χ4n) is 1.77. The van der Waals surface area contributed by atoms with Gasteiger partial charge in [-0.25, -0.2) is 9.37 Å². The quantitative estimate of drug-likeness (QED) is 0.889. The Morgan fingerprint density at radius 1 is 1.31 bits per heavy atom. The van der Waals surface area contributed by atoms with E-state index in [0.717, 1.165) is 21.6 Å². The van der Waals surface area contributed by atoms with Crippen molar-refractivity contribution in [1.29, 1.82) is 0 Å². The molecule has 0 aliphatic heterocycles. The third-order valence-electron chi connectivity index (χ3n) is 2.75. The first-order chi connectivity index (χ1) is 7.72. The highest BCUT2D eigenvalue weighted by atomic mass is 79.9. The van der Waals surface area contributed by atoms with Crippen molar-refractivity contribution >= 4 is 15.9 Å². The maximum Gasteiger partial charge on any atom is 0.137 e. The Morgan fingerprint density at radius 2 is 2.12 bits per heavy atom. The number of H-pyrrole nitrogens is 1. The van der Waals surface area contributed by atoms with Crippen LogP contribution in [0.2, 0.25) is 0 Å². The van der Waals surface area contributed by atoms with Gasteiger partial charge in [0, 0.05) is 27.8 Å². The lowest BCUT2D eigenvalue weighted by Gasteiger charge is -1.99. The highest BCUT2D eigenvalue weighted by Crippen LogP contribution is 2.39. The number of nitrogens with zero attached hydrogens (tertiary/aromatic N) is 1. The maximum atomic E-state index is 13.2. The lowest BCUT2D eigenvalue weighted by Crippen LogP contribution is -1.84. The molecule has 82 valence electrons. The molecule has 0 saturated heterocycles. The number of benzene rings is 1. The molecule has 2 aromatic rings. The van der Waals surface area contributed by atoms with Gasteiger partial charge in [-0.05, 0) is 31.0 Å². The summed E-state index contributed by atoms with van der Waals surface area (Å²) in [5.41, 5.74) is 1.94. The summed E-state index contributed by atoms with van der Waals surface area (Å²) in [6, 6.07) is 4.78. The molecule has 2 nitrogen and oxygen atoms in total. The van der Waals surface area contributed by atoms with Crippen molar-refractivity contribution in [3.8, 4) is 11.4 Å². The van der Waals surface area contributed by atoms with Crippen LogP contribution in [0.3, 0.4) is 0 Å². The second kappa shape index (κ2) is 3.70. The minimum atomic E-state index is -0.256. The first-order valence-corrected chi connectivity index (χ1v) is 6.03. The van der Waals surface area contributed by atoms with Gasteiger partial charge in [-0.3, -0.25) is 0 Å². The van der Waals surface area contributed by atoms with Crippen molar-refractivity contribution in [2.24, 2.45) is 0 Å². The van der Waals surface area contributed by atoms with E-state index in [2.05, 4.69) is 25.9 Å². The molecule has 0 atom stereocenters. The Hall–Kier alpha value is -1.16. The Bertz CT molecular complexity index is 511. The fourth-order valence-corrected chi connectivity index (χ4v) is 2.24. The Labute approximate surface area is 101 Å². The number of rotatable bonds is 2. The maximum absolute atomic E-state index is 13.2. The van der Waals surface area contributed by atoms with Crippen molar-refractivity contribution in [3.05, 3.63) is 40.4 Å². The van der Waals surface area contributed by atoms with Crippen molar-refractivity contribution in [1.82, 2.24) is 9.97 Å². The molecule has 1 fully saturated rings. The molecule has 0 spiro atoms. The number of nitrogens with one attached hydrogen (secondary N) is 1. The predicted molar refractivity (Wildman–Crippen MR) is 63.7 cm³/mol. The molecular formula is C12H10BrFN2. The number of hydrogen-bond acceptors (Lipinski definition) is 1. The van der Waals surface area contributed by atoms with Crippen LogP contribution in [0.5, 0.6) is 0 Å². The number of imidazole rings is 1. The third-order valence-corrected chi connectivity index (χ3v) is 3.21. The van der Waals surface area contributed by atoms with Gasteiger partial charge in [0.2, 0.25) is 0 Å². The van der Waals surface area contributed by atoms with Gasteiger partial charge >= 0.3 is 0 Å². The van der Waals surface area contributed by atoms with Crippen LogP contribution in [0, 0.1) is 5.82 Å². The van der Waals surface area contributed by atoms with Gasteiger partial charge < -0.3 is 4.98 Å². The first-order valence-electron chi connectivity index (χ1n) is 5.24. The van der Waals surface area contributed by atoms with E-state index in [4.69, 9.17) is 0 Å². The number of halogens is 2. The van der Waals surface area contributed by atoms with E-state index in [1.807, 2.05) is 12.3 Å². The third kappa shape index (κ3) is 1.89. The van der Waals surface area contributed by atoms with Crippen LogP contribution < -0.4 is 0 Å². The molecule has 0 radical (unpaired) electrons. The van der Waals surface area contributed by atoms with E-state index in [-0.39, 0.29) is 5.82 Å². The fraction of sp³-hybridized carbons (Fsp3) is 0.250. The lowest BCUT2D eigenvalue weighted by atomic mass is 10.2. The van der Waals surface area contributed by atoms with E-state index in [9.17, 15) is 4.39 Å². The number of aromatic nitrogens is 2. The summed E-state index contributed by atoms with van der Waals surface area (Å²) in [6.45, 7) is 0. The summed E-state index contributed by atoms with van der Waals surface area (Å²) < 4.78 is 13.9. The topological polar surface area (TPSA) is 28.7 Å². The number of hydrogen-bond donors (Lipinski definition) is 1. The molecule has 1 saturated carbocycles. The zero-order chi connectivity index (χ0) is 11.1. The van der Waals surface area contributed by atoms with Crippen molar-refractivity contribution in [2.45, 2.75) is 18.8 Å². The predicted octanol–water partition coefficient (Wildman–Crippen LogP) is 3.86. The Balaban J connectivity index is 2.00. The van der Waals surface area contributed by atoms with Crippen LogP contribution in [-0.4, -0.2) is 9.97 Å². The summed E-state index contributed by atoms with van der Waals surface area (Å²) in [5.74, 6) is 1.12. The van der Waals surface area contributed by atoms with Gasteiger partial charge in [0.25, 0.3) is 0 Å². The van der Waals surface area contributed by atoms with Crippen molar-refractivity contribution in [2.75, 3.05) is 0 Å². The van der Waals surface area contributed by atoms with Crippen LogP contribution in [0.15, 0.2) is 28.9 Å². The normalized spacial score (nSPS) is 15.4. The molecule has 0 bridgehead atoms. The van der Waals surface area contributed by atoms with Crippen LogP contribution >= 0.6 is 15.9 Å².